The minimum Gasteiger partial charge on any atom is -0.369 e. The monoisotopic (exact) mass is 275 g/mol. The molecule has 0 radical (unpaired) electrons. The van der Waals surface area contributed by atoms with Gasteiger partial charge in [-0.25, -0.2) is 4.98 Å². The second kappa shape index (κ2) is 6.17. The van der Waals surface area contributed by atoms with Gasteiger partial charge in [0.2, 0.25) is 0 Å². The summed E-state index contributed by atoms with van der Waals surface area (Å²) in [5.74, 6) is 0. The first kappa shape index (κ1) is 14.0. The Kier molecular flexibility index (Phi) is 4.56. The molecule has 102 valence electrons. The SMILES string of the molecule is CC[C@@H](N)c1ccccc1N(C)Cc1scnc1C. The van der Waals surface area contributed by atoms with E-state index in [1.807, 2.05) is 5.51 Å². The Morgan fingerprint density at radius 2 is 2.11 bits per heavy atom. The van der Waals surface area contributed by atoms with E-state index in [0.717, 1.165) is 18.7 Å². The number of nitrogens with zero attached hydrogens (tertiary/aromatic N) is 2. The molecule has 1 aromatic heterocycles. The number of nitrogens with two attached hydrogens (primary N) is 1. The fraction of sp³-hybridized carbons (Fsp3) is 0.400. The predicted molar refractivity (Wildman–Crippen MR) is 82.6 cm³/mol. The van der Waals surface area contributed by atoms with Gasteiger partial charge in [0.1, 0.15) is 0 Å². The van der Waals surface area contributed by atoms with Crippen LogP contribution in [0.2, 0.25) is 0 Å². The molecular formula is C15H21N3S. The van der Waals surface area contributed by atoms with Gasteiger partial charge >= 0.3 is 0 Å². The van der Waals surface area contributed by atoms with Crippen LogP contribution in [0.15, 0.2) is 29.8 Å². The Hall–Kier alpha value is -1.39. The molecule has 0 fully saturated rings. The van der Waals surface area contributed by atoms with Crippen LogP contribution in [0, 0.1) is 6.92 Å². The van der Waals surface area contributed by atoms with E-state index in [9.17, 15) is 0 Å². The third-order valence-corrected chi connectivity index (χ3v) is 4.33. The highest BCUT2D eigenvalue weighted by atomic mass is 32.1. The maximum Gasteiger partial charge on any atom is 0.0798 e. The van der Waals surface area contributed by atoms with Gasteiger partial charge in [-0.1, -0.05) is 25.1 Å². The van der Waals surface area contributed by atoms with Crippen molar-refractivity contribution in [1.29, 1.82) is 0 Å². The molecule has 4 heteroatoms. The first-order valence-corrected chi connectivity index (χ1v) is 7.46. The number of thiazole rings is 1. The highest BCUT2D eigenvalue weighted by Gasteiger charge is 2.13. The minimum absolute atomic E-state index is 0.0983. The third kappa shape index (κ3) is 3.14. The standard InChI is InChI=1S/C15H21N3S/c1-4-13(16)12-7-5-6-8-14(12)18(3)9-15-11(2)17-10-19-15/h5-8,10,13H,4,9,16H2,1-3H3/t13-/m1/s1. The van der Waals surface area contributed by atoms with Gasteiger partial charge in [0.25, 0.3) is 0 Å². The molecule has 19 heavy (non-hydrogen) atoms. The summed E-state index contributed by atoms with van der Waals surface area (Å²) in [6.45, 7) is 5.06. The summed E-state index contributed by atoms with van der Waals surface area (Å²) < 4.78 is 0. The number of aromatic nitrogens is 1. The molecule has 0 spiro atoms. The molecule has 3 nitrogen and oxygen atoms in total. The van der Waals surface area contributed by atoms with Gasteiger partial charge in [0.05, 0.1) is 17.7 Å². The number of aryl methyl sites for hydroxylation is 1. The molecule has 2 rings (SSSR count). The molecule has 0 saturated heterocycles. The summed E-state index contributed by atoms with van der Waals surface area (Å²) in [5, 5.41) is 0. The summed E-state index contributed by atoms with van der Waals surface area (Å²) in [6, 6.07) is 8.49. The lowest BCUT2D eigenvalue weighted by atomic mass is 10.0. The lowest BCUT2D eigenvalue weighted by Crippen LogP contribution is -2.20. The molecule has 0 bridgehead atoms. The average Bonchev–Trinajstić information content (AvgIpc) is 2.83. The van der Waals surface area contributed by atoms with E-state index in [1.54, 1.807) is 11.3 Å². The largest absolute Gasteiger partial charge is 0.369 e. The minimum atomic E-state index is 0.0983. The quantitative estimate of drug-likeness (QED) is 0.908. The van der Waals surface area contributed by atoms with Gasteiger partial charge in [0.15, 0.2) is 0 Å². The van der Waals surface area contributed by atoms with Gasteiger partial charge < -0.3 is 10.6 Å². The van der Waals surface area contributed by atoms with Gasteiger partial charge in [-0.15, -0.1) is 11.3 Å². The average molecular weight is 275 g/mol. The summed E-state index contributed by atoms with van der Waals surface area (Å²) in [6.07, 6.45) is 0.949. The number of hydrogen-bond donors (Lipinski definition) is 1. The van der Waals surface area contributed by atoms with Crippen molar-refractivity contribution in [3.05, 3.63) is 45.9 Å². The van der Waals surface area contributed by atoms with Crippen LogP contribution in [-0.2, 0) is 6.54 Å². The Labute approximate surface area is 119 Å². The van der Waals surface area contributed by atoms with E-state index in [-0.39, 0.29) is 6.04 Å². The van der Waals surface area contributed by atoms with E-state index < -0.39 is 0 Å². The molecule has 0 aliphatic heterocycles. The molecular weight excluding hydrogens is 254 g/mol. The van der Waals surface area contributed by atoms with Crippen LogP contribution in [0.5, 0.6) is 0 Å². The van der Waals surface area contributed by atoms with E-state index in [2.05, 4.69) is 55.0 Å². The Morgan fingerprint density at radius 3 is 2.74 bits per heavy atom. The van der Waals surface area contributed by atoms with Crippen molar-refractivity contribution in [1.82, 2.24) is 4.98 Å². The van der Waals surface area contributed by atoms with Gasteiger partial charge in [-0.3, -0.25) is 0 Å². The van der Waals surface area contributed by atoms with E-state index in [4.69, 9.17) is 5.73 Å². The number of anilines is 1. The van der Waals surface area contributed by atoms with Gasteiger partial charge in [-0.05, 0) is 25.0 Å². The second-order valence-electron chi connectivity index (χ2n) is 4.79. The van der Waals surface area contributed by atoms with Crippen molar-refractivity contribution >= 4 is 17.0 Å². The molecule has 0 aliphatic rings. The topological polar surface area (TPSA) is 42.1 Å². The highest BCUT2D eigenvalue weighted by molar-refractivity contribution is 7.09. The summed E-state index contributed by atoms with van der Waals surface area (Å²) in [5.41, 5.74) is 11.7. The molecule has 0 aliphatic carbocycles. The molecule has 1 aromatic carbocycles. The van der Waals surface area contributed by atoms with Crippen LogP contribution in [0.3, 0.4) is 0 Å². The Bertz CT molecular complexity index is 536. The molecule has 0 saturated carbocycles. The van der Waals surface area contributed by atoms with Crippen molar-refractivity contribution in [2.75, 3.05) is 11.9 Å². The van der Waals surface area contributed by atoms with Crippen LogP contribution in [0.1, 0.15) is 35.5 Å². The van der Waals surface area contributed by atoms with Crippen LogP contribution >= 0.6 is 11.3 Å². The summed E-state index contributed by atoms with van der Waals surface area (Å²) >= 11 is 1.71. The maximum absolute atomic E-state index is 6.20. The molecule has 2 aromatic rings. The van der Waals surface area contributed by atoms with Crippen LogP contribution in [0.4, 0.5) is 5.69 Å². The number of hydrogen-bond acceptors (Lipinski definition) is 4. The summed E-state index contributed by atoms with van der Waals surface area (Å²) in [7, 11) is 2.11. The first-order valence-electron chi connectivity index (χ1n) is 6.58. The fourth-order valence-electron chi connectivity index (χ4n) is 2.15. The smallest absolute Gasteiger partial charge is 0.0798 e. The van der Waals surface area contributed by atoms with Gasteiger partial charge in [0, 0.05) is 23.7 Å². The molecule has 1 heterocycles. The molecule has 2 N–H and O–H groups in total. The zero-order chi connectivity index (χ0) is 13.8. The predicted octanol–water partition coefficient (Wildman–Crippen LogP) is 3.50. The highest BCUT2D eigenvalue weighted by Crippen LogP contribution is 2.28. The van der Waals surface area contributed by atoms with Gasteiger partial charge in [-0.2, -0.15) is 0 Å². The molecule has 0 unspecified atom stereocenters. The van der Waals surface area contributed by atoms with Crippen molar-refractivity contribution in [3.63, 3.8) is 0 Å². The first-order chi connectivity index (χ1) is 9.13. The van der Waals surface area contributed by atoms with E-state index in [1.165, 1.54) is 16.1 Å². The van der Waals surface area contributed by atoms with Crippen LogP contribution in [-0.4, -0.2) is 12.0 Å². The number of rotatable bonds is 5. The normalized spacial score (nSPS) is 12.4. The maximum atomic E-state index is 6.20. The van der Waals surface area contributed by atoms with Crippen molar-refractivity contribution in [2.45, 2.75) is 32.9 Å². The van der Waals surface area contributed by atoms with Crippen molar-refractivity contribution < 1.29 is 0 Å². The van der Waals surface area contributed by atoms with E-state index >= 15 is 0 Å². The lowest BCUT2D eigenvalue weighted by Gasteiger charge is -2.24. The zero-order valence-corrected chi connectivity index (χ0v) is 12.6. The molecule has 0 amide bonds. The number of para-hydroxylation sites is 1. The second-order valence-corrected chi connectivity index (χ2v) is 5.73. The fourth-order valence-corrected chi connectivity index (χ4v) is 2.98. The Morgan fingerprint density at radius 1 is 1.37 bits per heavy atom. The van der Waals surface area contributed by atoms with Crippen molar-refractivity contribution in [3.8, 4) is 0 Å². The van der Waals surface area contributed by atoms with Crippen molar-refractivity contribution in [2.24, 2.45) is 5.73 Å². The Balaban J connectivity index is 2.24. The molecule has 1 atom stereocenters. The van der Waals surface area contributed by atoms with Crippen LogP contribution < -0.4 is 10.6 Å². The summed E-state index contributed by atoms with van der Waals surface area (Å²) in [4.78, 5) is 7.87. The lowest BCUT2D eigenvalue weighted by molar-refractivity contribution is 0.694. The van der Waals surface area contributed by atoms with Crippen LogP contribution in [0.25, 0.3) is 0 Å². The zero-order valence-electron chi connectivity index (χ0n) is 11.8. The third-order valence-electron chi connectivity index (χ3n) is 3.41. The van der Waals surface area contributed by atoms with E-state index in [0.29, 0.717) is 0 Å². The number of benzene rings is 1.